The largest absolute Gasteiger partial charge is 0.309 e. The first-order valence-corrected chi connectivity index (χ1v) is 37.4. The van der Waals surface area contributed by atoms with Crippen LogP contribution in [0.1, 0.15) is 0 Å². The van der Waals surface area contributed by atoms with Crippen molar-refractivity contribution in [1.82, 2.24) is 58.1 Å². The molecule has 12 aromatic carbocycles. The quantitative estimate of drug-likeness (QED) is 0.119. The molecule has 0 fully saturated rings. The fraction of sp³-hybridized carbons (Fsp3) is 0. The molecule has 0 aliphatic carbocycles. The normalized spacial score (nSPS) is 11.6. The maximum atomic E-state index is 5.00. The Hall–Kier alpha value is -15.4. The average molecular weight is 1430 g/mol. The van der Waals surface area contributed by atoms with Crippen LogP contribution in [-0.4, -0.2) is 58.1 Å². The highest BCUT2D eigenvalue weighted by molar-refractivity contribution is 6.14. The van der Waals surface area contributed by atoms with Crippen LogP contribution in [0.2, 0.25) is 0 Å². The molecule has 0 amide bonds. The summed E-state index contributed by atoms with van der Waals surface area (Å²) in [4.78, 5) is 38.7. The van der Waals surface area contributed by atoms with E-state index in [1.54, 1.807) is 12.4 Å². The summed E-state index contributed by atoms with van der Waals surface area (Å²) in [7, 11) is 0. The number of rotatable bonds is 12. The highest BCUT2D eigenvalue weighted by atomic mass is 15.0. The van der Waals surface area contributed by atoms with E-state index in [9.17, 15) is 0 Å². The Kier molecular flexibility index (Phi) is 15.9. The molecule has 112 heavy (non-hydrogen) atoms. The highest BCUT2D eigenvalue weighted by Gasteiger charge is 2.22. The molecule has 0 aliphatic rings. The summed E-state index contributed by atoms with van der Waals surface area (Å²) < 4.78 is 9.32. The van der Waals surface area contributed by atoms with Gasteiger partial charge in [0.15, 0.2) is 17.5 Å². The van der Waals surface area contributed by atoms with E-state index in [1.165, 1.54) is 21.5 Å². The predicted octanol–water partition coefficient (Wildman–Crippen LogP) is 24.3. The third-order valence-electron chi connectivity index (χ3n) is 21.3. The van der Waals surface area contributed by atoms with Crippen molar-refractivity contribution < 1.29 is 0 Å². The summed E-state index contributed by atoms with van der Waals surface area (Å²) in [6.45, 7) is 0. The molecule has 10 heterocycles. The van der Waals surface area contributed by atoms with Crippen LogP contribution >= 0.6 is 0 Å². The second-order valence-corrected chi connectivity index (χ2v) is 27.9. The van der Waals surface area contributed by atoms with Gasteiger partial charge in [-0.05, 0) is 215 Å². The maximum absolute atomic E-state index is 5.00. The summed E-state index contributed by atoms with van der Waals surface area (Å²) in [6.07, 6.45) is 7.37. The monoisotopic (exact) mass is 1430 g/mol. The topological polar surface area (TPSA) is 123 Å². The predicted molar refractivity (Wildman–Crippen MR) is 456 cm³/mol. The summed E-state index contributed by atoms with van der Waals surface area (Å²) in [5, 5.41) is 7.08. The van der Waals surface area contributed by atoms with Gasteiger partial charge in [-0.3, -0.25) is 19.9 Å². The van der Waals surface area contributed by atoms with Crippen LogP contribution in [0.3, 0.4) is 0 Å². The van der Waals surface area contributed by atoms with E-state index in [0.717, 1.165) is 162 Å². The number of aromatic nitrogens is 12. The van der Waals surface area contributed by atoms with E-state index < -0.39 is 0 Å². The molecular weight excluding hydrogens is 1370 g/mol. The lowest BCUT2D eigenvalue weighted by atomic mass is 10.0. The van der Waals surface area contributed by atoms with Crippen molar-refractivity contribution in [3.63, 3.8) is 0 Å². The average Bonchev–Trinajstić information content (AvgIpc) is 1.59. The number of hydrogen-bond donors (Lipinski definition) is 0. The lowest BCUT2D eigenvalue weighted by Crippen LogP contribution is -2.00. The molecule has 0 saturated carbocycles. The van der Waals surface area contributed by atoms with E-state index in [1.807, 2.05) is 122 Å². The molecule has 0 N–H and O–H groups in total. The molecule has 0 atom stereocenters. The fourth-order valence-electron chi connectivity index (χ4n) is 16.1. The fourth-order valence-corrected chi connectivity index (χ4v) is 16.1. The van der Waals surface area contributed by atoms with Gasteiger partial charge >= 0.3 is 0 Å². The molecule has 0 unspecified atom stereocenters. The first-order chi connectivity index (χ1) is 55.5. The second kappa shape index (κ2) is 27.4. The van der Waals surface area contributed by atoms with Crippen molar-refractivity contribution >= 4 is 87.5 Å². The minimum absolute atomic E-state index is 0.634. The van der Waals surface area contributed by atoms with Crippen LogP contribution in [0.15, 0.2) is 389 Å². The standard InChI is InChI=1S/2C50H32N6/c1-4-13-33(14-5-1)48-52-49(34-15-6-2-7-16-34)54-50(53-48)35-22-26-39(27-23-35)55-43-20-11-10-19-40(43)41-31-36(24-28-44(41)55)37-25-29-45-42(32-37)47-46(21-12-30-51-47)56(45)38-17-8-3-9-18-38;1-2-13-37(14-3-1)55-48-24-22-35(30-41(48)50-49(55)20-11-27-53-50)34-21-23-47-40(29-34)39-16-4-5-19-46(39)56(47)38-15-10-12-33(28-38)36-31-44(42-17-6-8-25-51-42)54-45(32-36)43-18-7-9-26-52-43/h2*1-32H. The zero-order valence-electron chi connectivity index (χ0n) is 60.3. The van der Waals surface area contributed by atoms with Crippen molar-refractivity contribution in [1.29, 1.82) is 0 Å². The molecule has 10 aromatic heterocycles. The minimum Gasteiger partial charge on any atom is -0.309 e. The molecule has 0 bridgehead atoms. The second-order valence-electron chi connectivity index (χ2n) is 27.9. The van der Waals surface area contributed by atoms with Crippen molar-refractivity contribution in [3.05, 3.63) is 389 Å². The summed E-state index contributed by atoms with van der Waals surface area (Å²) in [5.41, 5.74) is 28.3. The number of nitrogens with zero attached hydrogens (tertiary/aromatic N) is 12. The van der Waals surface area contributed by atoms with Gasteiger partial charge in [0.05, 0.1) is 77.9 Å². The first kappa shape index (κ1) is 64.9. The van der Waals surface area contributed by atoms with Gasteiger partial charge in [0.25, 0.3) is 0 Å². The zero-order chi connectivity index (χ0) is 74.0. The van der Waals surface area contributed by atoms with Crippen LogP contribution < -0.4 is 0 Å². The summed E-state index contributed by atoms with van der Waals surface area (Å²) >= 11 is 0. The smallest absolute Gasteiger partial charge is 0.164 e. The van der Waals surface area contributed by atoms with E-state index in [0.29, 0.717) is 17.5 Å². The Balaban J connectivity index is 0.000000141. The Morgan fingerprint density at radius 1 is 0.161 bits per heavy atom. The van der Waals surface area contributed by atoms with Crippen LogP contribution in [0.25, 0.3) is 201 Å². The van der Waals surface area contributed by atoms with Crippen molar-refractivity contribution in [2.75, 3.05) is 0 Å². The Labute approximate surface area is 643 Å². The molecule has 0 radical (unpaired) electrons. The van der Waals surface area contributed by atoms with Crippen molar-refractivity contribution in [3.8, 4) is 113 Å². The van der Waals surface area contributed by atoms with Gasteiger partial charge in [0, 0.05) is 96.5 Å². The molecular formula is C100H64N12. The molecule has 12 nitrogen and oxygen atoms in total. The molecule has 22 aromatic rings. The van der Waals surface area contributed by atoms with Gasteiger partial charge in [-0.25, -0.2) is 19.9 Å². The molecule has 0 spiro atoms. The lowest BCUT2D eigenvalue weighted by molar-refractivity contribution is 1.07. The molecule has 12 heteroatoms. The summed E-state index contributed by atoms with van der Waals surface area (Å²) in [5.74, 6) is 1.93. The van der Waals surface area contributed by atoms with Crippen molar-refractivity contribution in [2.24, 2.45) is 0 Å². The highest BCUT2D eigenvalue weighted by Crippen LogP contribution is 2.42. The third kappa shape index (κ3) is 11.5. The minimum atomic E-state index is 0.634. The van der Waals surface area contributed by atoms with E-state index in [2.05, 4.69) is 283 Å². The number of fused-ring (bicyclic) bond motifs is 12. The number of hydrogen-bond acceptors (Lipinski definition) is 8. The van der Waals surface area contributed by atoms with Gasteiger partial charge in [-0.2, -0.15) is 0 Å². The van der Waals surface area contributed by atoms with Gasteiger partial charge < -0.3 is 18.3 Å². The van der Waals surface area contributed by atoms with Crippen LogP contribution in [0.5, 0.6) is 0 Å². The molecule has 22 rings (SSSR count). The van der Waals surface area contributed by atoms with Crippen LogP contribution in [0, 0.1) is 0 Å². The Morgan fingerprint density at radius 3 is 0.938 bits per heavy atom. The van der Waals surface area contributed by atoms with Crippen LogP contribution in [0.4, 0.5) is 0 Å². The Morgan fingerprint density at radius 2 is 0.482 bits per heavy atom. The number of benzene rings is 12. The molecule has 0 aliphatic heterocycles. The van der Waals surface area contributed by atoms with Crippen LogP contribution in [-0.2, 0) is 0 Å². The molecule has 524 valence electrons. The van der Waals surface area contributed by atoms with Gasteiger partial charge in [0.1, 0.15) is 0 Å². The SMILES string of the molecule is c1ccc(-c2nc(-c3ccccc3)nc(-c3ccc(-n4c5ccccc5c5cc(-c6ccc7c(c6)c6ncccc6n7-c6ccccc6)ccc54)cc3)n2)cc1.c1ccc(-n2c3ccc(-c4ccc5c(c4)c4ccccc4n5-c4cccc(-c5cc(-c6ccccn6)nc(-c6ccccn6)c5)c4)cc3c3ncccc32)cc1. The lowest BCUT2D eigenvalue weighted by Gasteiger charge is -2.13. The van der Waals surface area contributed by atoms with Crippen molar-refractivity contribution in [2.45, 2.75) is 0 Å². The number of pyridine rings is 5. The van der Waals surface area contributed by atoms with Gasteiger partial charge in [0.2, 0.25) is 0 Å². The van der Waals surface area contributed by atoms with E-state index in [4.69, 9.17) is 29.9 Å². The zero-order valence-corrected chi connectivity index (χ0v) is 60.3. The Bertz CT molecular complexity index is 7230. The van der Waals surface area contributed by atoms with E-state index in [-0.39, 0.29) is 0 Å². The summed E-state index contributed by atoms with van der Waals surface area (Å²) in [6, 6.07) is 127. The third-order valence-corrected chi connectivity index (χ3v) is 21.3. The maximum Gasteiger partial charge on any atom is 0.164 e. The molecule has 0 saturated heterocycles. The van der Waals surface area contributed by atoms with Gasteiger partial charge in [-0.1, -0.05) is 182 Å². The van der Waals surface area contributed by atoms with Gasteiger partial charge in [-0.15, -0.1) is 0 Å². The van der Waals surface area contributed by atoms with E-state index >= 15 is 0 Å². The first-order valence-electron chi connectivity index (χ1n) is 37.4. The number of para-hydroxylation sites is 4.